The predicted octanol–water partition coefficient (Wildman–Crippen LogP) is 14.3. The Kier molecular flexibility index (Phi) is 5.70. The number of thiophene rings is 1. The minimum atomic E-state index is -0.130. The average Bonchev–Trinajstić information content (AvgIpc) is 3.65. The normalized spacial score (nSPS) is 13.6. The van der Waals surface area contributed by atoms with E-state index >= 15 is 0 Å². The highest BCUT2D eigenvalue weighted by Gasteiger charge is 2.37. The number of hydrogen-bond acceptors (Lipinski definition) is 1. The van der Waals surface area contributed by atoms with Gasteiger partial charge in [-0.05, 0) is 99.7 Å². The molecule has 0 nitrogen and oxygen atoms in total. The van der Waals surface area contributed by atoms with Crippen molar-refractivity contribution in [3.05, 3.63) is 169 Å². The summed E-state index contributed by atoms with van der Waals surface area (Å²) in [6.07, 6.45) is 0. The first-order chi connectivity index (χ1) is 24.6. The molecule has 0 N–H and O–H groups in total. The second kappa shape index (κ2) is 10.1. The molecule has 9 aromatic carbocycles. The van der Waals surface area contributed by atoms with Crippen LogP contribution in [0.1, 0.15) is 25.0 Å². The van der Waals surface area contributed by atoms with Gasteiger partial charge >= 0.3 is 0 Å². The molecular weight excluding hydrogens is 621 g/mol. The smallest absolute Gasteiger partial charge is 0.0434 e. The van der Waals surface area contributed by atoms with Gasteiger partial charge in [0.05, 0.1) is 0 Å². The van der Waals surface area contributed by atoms with Crippen LogP contribution in [0, 0.1) is 0 Å². The fourth-order valence-corrected chi connectivity index (χ4v) is 10.4. The number of benzene rings is 9. The maximum atomic E-state index is 2.51. The molecule has 1 heterocycles. The van der Waals surface area contributed by atoms with Gasteiger partial charge in [-0.3, -0.25) is 0 Å². The summed E-state index contributed by atoms with van der Waals surface area (Å²) < 4.78 is 2.75. The van der Waals surface area contributed by atoms with Gasteiger partial charge in [-0.1, -0.05) is 159 Å². The van der Waals surface area contributed by atoms with Crippen molar-refractivity contribution in [1.82, 2.24) is 0 Å². The van der Waals surface area contributed by atoms with Crippen molar-refractivity contribution < 1.29 is 0 Å². The van der Waals surface area contributed by atoms with E-state index in [0.717, 1.165) is 0 Å². The summed E-state index contributed by atoms with van der Waals surface area (Å²) in [7, 11) is 0. The third kappa shape index (κ3) is 3.71. The molecule has 1 heteroatoms. The Hall–Kier alpha value is -5.76. The lowest BCUT2D eigenvalue weighted by Gasteiger charge is -2.23. The lowest BCUT2D eigenvalue weighted by Crippen LogP contribution is -2.15. The molecule has 0 spiro atoms. The van der Waals surface area contributed by atoms with E-state index in [4.69, 9.17) is 0 Å². The van der Waals surface area contributed by atoms with Crippen LogP contribution in [0.3, 0.4) is 0 Å². The molecule has 234 valence electrons. The first-order valence-electron chi connectivity index (χ1n) is 17.5. The van der Waals surface area contributed by atoms with Crippen molar-refractivity contribution in [2.24, 2.45) is 0 Å². The molecule has 0 saturated carbocycles. The highest BCUT2D eigenvalue weighted by molar-refractivity contribution is 7.26. The van der Waals surface area contributed by atoms with Crippen molar-refractivity contribution >= 4 is 74.6 Å². The Bertz CT molecular complexity index is 3000. The van der Waals surface area contributed by atoms with Gasteiger partial charge in [-0.2, -0.15) is 0 Å². The zero-order valence-electron chi connectivity index (χ0n) is 27.9. The third-order valence-electron chi connectivity index (χ3n) is 11.4. The van der Waals surface area contributed by atoms with Crippen LogP contribution < -0.4 is 0 Å². The number of rotatable bonds is 2. The second-order valence-corrected chi connectivity index (χ2v) is 15.4. The summed E-state index contributed by atoms with van der Waals surface area (Å²) in [5.41, 5.74) is 10.7. The van der Waals surface area contributed by atoms with Gasteiger partial charge in [0.25, 0.3) is 0 Å². The molecule has 0 unspecified atom stereocenters. The lowest BCUT2D eigenvalue weighted by molar-refractivity contribution is 0.661. The third-order valence-corrected chi connectivity index (χ3v) is 12.6. The molecule has 0 bridgehead atoms. The van der Waals surface area contributed by atoms with Crippen molar-refractivity contribution in [3.8, 4) is 33.4 Å². The zero-order valence-corrected chi connectivity index (χ0v) is 28.7. The van der Waals surface area contributed by atoms with Crippen LogP contribution in [0.25, 0.3) is 96.6 Å². The Balaban J connectivity index is 1.19. The van der Waals surface area contributed by atoms with E-state index in [2.05, 4.69) is 172 Å². The highest BCUT2D eigenvalue weighted by Crippen LogP contribution is 2.56. The van der Waals surface area contributed by atoms with Gasteiger partial charge in [0.1, 0.15) is 0 Å². The first kappa shape index (κ1) is 28.1. The Morgan fingerprint density at radius 1 is 0.400 bits per heavy atom. The molecular formula is C49H32S. The van der Waals surface area contributed by atoms with Crippen LogP contribution in [0.15, 0.2) is 158 Å². The van der Waals surface area contributed by atoms with E-state index < -0.39 is 0 Å². The minimum Gasteiger partial charge on any atom is -0.135 e. The van der Waals surface area contributed by atoms with E-state index in [1.54, 1.807) is 0 Å². The van der Waals surface area contributed by atoms with Gasteiger partial charge in [0.15, 0.2) is 0 Å². The summed E-state index contributed by atoms with van der Waals surface area (Å²) in [4.78, 5) is 0. The molecule has 10 aromatic rings. The number of hydrogen-bond donors (Lipinski definition) is 0. The molecule has 0 atom stereocenters. The van der Waals surface area contributed by atoms with Crippen LogP contribution >= 0.6 is 11.3 Å². The molecule has 1 aromatic heterocycles. The van der Waals surface area contributed by atoms with E-state index in [9.17, 15) is 0 Å². The molecule has 0 saturated heterocycles. The predicted molar refractivity (Wildman–Crippen MR) is 218 cm³/mol. The zero-order chi connectivity index (χ0) is 33.1. The van der Waals surface area contributed by atoms with Gasteiger partial charge in [0.2, 0.25) is 0 Å². The van der Waals surface area contributed by atoms with E-state index in [-0.39, 0.29) is 5.41 Å². The molecule has 1 aliphatic rings. The topological polar surface area (TPSA) is 0 Å². The van der Waals surface area contributed by atoms with Gasteiger partial charge in [0, 0.05) is 25.6 Å². The van der Waals surface area contributed by atoms with Crippen LogP contribution in [0.4, 0.5) is 0 Å². The molecule has 0 radical (unpaired) electrons. The standard InChI is InChI=1S/C49H32S/c1-49(2)41-26-27-43-47(40-25-22-30-13-4-6-16-33(30)48(40)50-43)46(41)39-24-23-31(28-42(39)49)44-35-17-7-9-19-37(35)45(38-20-10-8-18-36(38)44)34-21-11-14-29-12-3-5-15-32(29)34/h3-28H,1-2H3. The molecule has 50 heavy (non-hydrogen) atoms. The van der Waals surface area contributed by atoms with Crippen LogP contribution in [0.5, 0.6) is 0 Å². The van der Waals surface area contributed by atoms with Crippen molar-refractivity contribution in [2.45, 2.75) is 19.3 Å². The average molecular weight is 653 g/mol. The SMILES string of the molecule is CC1(C)c2cc(-c3c4ccccc4c(-c4cccc5ccccc45)c4ccccc34)ccc2-c2c1ccc1sc3c4ccccc4ccc3c21. The summed E-state index contributed by atoms with van der Waals surface area (Å²) in [6.45, 7) is 4.83. The first-order valence-corrected chi connectivity index (χ1v) is 18.3. The minimum absolute atomic E-state index is 0.130. The molecule has 0 aliphatic heterocycles. The molecule has 1 aliphatic carbocycles. The quantitative estimate of drug-likeness (QED) is 0.163. The molecule has 0 amide bonds. The Labute approximate surface area is 294 Å². The highest BCUT2D eigenvalue weighted by atomic mass is 32.1. The Morgan fingerprint density at radius 2 is 1.00 bits per heavy atom. The van der Waals surface area contributed by atoms with Gasteiger partial charge in [-0.15, -0.1) is 11.3 Å². The van der Waals surface area contributed by atoms with Crippen molar-refractivity contribution in [1.29, 1.82) is 0 Å². The Morgan fingerprint density at radius 3 is 1.72 bits per heavy atom. The van der Waals surface area contributed by atoms with Gasteiger partial charge < -0.3 is 0 Å². The summed E-state index contributed by atoms with van der Waals surface area (Å²) in [6, 6.07) is 59.1. The maximum Gasteiger partial charge on any atom is 0.0434 e. The summed E-state index contributed by atoms with van der Waals surface area (Å²) in [5.74, 6) is 0. The molecule has 0 fully saturated rings. The summed E-state index contributed by atoms with van der Waals surface area (Å²) >= 11 is 1.93. The van der Waals surface area contributed by atoms with E-state index in [0.29, 0.717) is 0 Å². The lowest BCUT2D eigenvalue weighted by atomic mass is 9.80. The number of fused-ring (bicyclic) bond motifs is 12. The fourth-order valence-electron chi connectivity index (χ4n) is 9.15. The monoisotopic (exact) mass is 652 g/mol. The molecule has 11 rings (SSSR count). The summed E-state index contributed by atoms with van der Waals surface area (Å²) in [5, 5.41) is 13.1. The van der Waals surface area contributed by atoms with Gasteiger partial charge in [-0.25, -0.2) is 0 Å². The largest absolute Gasteiger partial charge is 0.135 e. The van der Waals surface area contributed by atoms with Crippen molar-refractivity contribution in [3.63, 3.8) is 0 Å². The van der Waals surface area contributed by atoms with E-state index in [1.807, 2.05) is 11.3 Å². The van der Waals surface area contributed by atoms with Crippen LogP contribution in [-0.4, -0.2) is 0 Å². The van der Waals surface area contributed by atoms with Crippen molar-refractivity contribution in [2.75, 3.05) is 0 Å². The van der Waals surface area contributed by atoms with E-state index in [1.165, 1.54) is 108 Å². The fraction of sp³-hybridized carbons (Fsp3) is 0.0612. The maximum absolute atomic E-state index is 2.51. The van der Waals surface area contributed by atoms with Crippen LogP contribution in [-0.2, 0) is 5.41 Å². The van der Waals surface area contributed by atoms with Crippen LogP contribution in [0.2, 0.25) is 0 Å². The second-order valence-electron chi connectivity index (χ2n) is 14.4.